The molecule has 0 aliphatic heterocycles. The quantitative estimate of drug-likeness (QED) is 0.211. The molecule has 0 saturated heterocycles. The first-order valence-electron chi connectivity index (χ1n) is 12.5. The third-order valence-corrected chi connectivity index (χ3v) is 6.34. The number of carboxylic acid groups (broad SMARTS) is 1. The highest BCUT2D eigenvalue weighted by Crippen LogP contribution is 2.27. The molecule has 0 aliphatic rings. The number of carboxylic acids is 1. The maximum Gasteiger partial charge on any atom is 0.306 e. The minimum absolute atomic E-state index is 0.0660. The van der Waals surface area contributed by atoms with Crippen molar-refractivity contribution >= 4 is 46.0 Å². The van der Waals surface area contributed by atoms with Crippen LogP contribution in [0, 0.1) is 11.7 Å². The number of halogens is 2. The molecule has 0 radical (unpaired) electrons. The largest absolute Gasteiger partial charge is 0.481 e. The summed E-state index contributed by atoms with van der Waals surface area (Å²) in [6.45, 7) is 4.34. The first kappa shape index (κ1) is 29.1. The van der Waals surface area contributed by atoms with Gasteiger partial charge in [0.25, 0.3) is 5.91 Å². The van der Waals surface area contributed by atoms with Gasteiger partial charge in [-0.15, -0.1) is 0 Å². The number of carbonyl (C=O) groups is 3. The van der Waals surface area contributed by atoms with Crippen molar-refractivity contribution in [3.8, 4) is 0 Å². The molecule has 0 bridgehead atoms. The molecule has 4 N–H and O–H groups in total. The highest BCUT2D eigenvalue weighted by atomic mass is 35.5. The number of H-pyrrole nitrogens is 1. The number of aromatic nitrogens is 2. The number of hydrogen-bond acceptors (Lipinski definition) is 5. The van der Waals surface area contributed by atoms with E-state index in [-0.39, 0.29) is 47.0 Å². The Balaban J connectivity index is 1.48. The normalized spacial score (nSPS) is 12.7. The molecule has 0 aliphatic carbocycles. The topological polar surface area (TPSA) is 133 Å². The number of nitrogens with one attached hydrogen (secondary N) is 3. The van der Waals surface area contributed by atoms with Crippen LogP contribution in [0.1, 0.15) is 55.6 Å². The van der Waals surface area contributed by atoms with E-state index in [2.05, 4.69) is 20.8 Å². The van der Waals surface area contributed by atoms with Crippen LogP contribution in [0.25, 0.3) is 10.9 Å². The molecule has 0 saturated carbocycles. The van der Waals surface area contributed by atoms with E-state index in [0.717, 1.165) is 12.5 Å². The van der Waals surface area contributed by atoms with E-state index in [0.29, 0.717) is 36.8 Å². The number of hydrogen-bond donors (Lipinski definition) is 4. The Morgan fingerprint density at radius 2 is 1.97 bits per heavy atom. The van der Waals surface area contributed by atoms with E-state index in [1.54, 1.807) is 25.1 Å². The van der Waals surface area contributed by atoms with Gasteiger partial charge in [0.1, 0.15) is 5.82 Å². The lowest BCUT2D eigenvalue weighted by Crippen LogP contribution is -2.37. The second-order valence-corrected chi connectivity index (χ2v) is 9.59. The van der Waals surface area contributed by atoms with Crippen molar-refractivity contribution < 1.29 is 28.6 Å². The first-order chi connectivity index (χ1) is 18.2. The van der Waals surface area contributed by atoms with Crippen LogP contribution in [0.5, 0.6) is 0 Å². The van der Waals surface area contributed by atoms with Crippen LogP contribution in [0.15, 0.2) is 36.4 Å². The molecule has 38 heavy (non-hydrogen) atoms. The van der Waals surface area contributed by atoms with Gasteiger partial charge in [0.2, 0.25) is 5.91 Å². The van der Waals surface area contributed by atoms with Crippen molar-refractivity contribution in [2.75, 3.05) is 18.5 Å². The fourth-order valence-electron chi connectivity index (χ4n) is 4.11. The van der Waals surface area contributed by atoms with E-state index < -0.39 is 23.6 Å². The summed E-state index contributed by atoms with van der Waals surface area (Å²) in [5.74, 6) is -2.80. The van der Waals surface area contributed by atoms with E-state index in [1.807, 2.05) is 13.0 Å². The van der Waals surface area contributed by atoms with Gasteiger partial charge in [0, 0.05) is 18.0 Å². The third-order valence-electron chi connectivity index (χ3n) is 6.02. The van der Waals surface area contributed by atoms with Gasteiger partial charge in [-0.05, 0) is 49.9 Å². The molecule has 2 aromatic carbocycles. The van der Waals surface area contributed by atoms with Gasteiger partial charge < -0.3 is 20.5 Å². The van der Waals surface area contributed by atoms with Crippen molar-refractivity contribution in [1.82, 2.24) is 15.5 Å². The zero-order chi connectivity index (χ0) is 27.7. The molecule has 0 spiro atoms. The molecule has 204 valence electrons. The lowest BCUT2D eigenvalue weighted by Gasteiger charge is -2.16. The minimum atomic E-state index is -0.790. The van der Waals surface area contributed by atoms with E-state index in [1.165, 1.54) is 6.07 Å². The van der Waals surface area contributed by atoms with Gasteiger partial charge in [0.05, 0.1) is 35.2 Å². The number of rotatable bonds is 14. The standard InChI is InChI=1S/C27H32ClFN4O5/c1-3-7-17(27(36)37)8-6-11-38-15-16(2)30-24(34)13-18-12-20(28)23(14-21(18)29)31-26(35)25-19-9-4-5-10-22(19)32-33-25/h4-5,9-10,12,14,16-17H,3,6-8,11,13,15H2,1-2H3,(H,30,34)(H,31,35)(H,32,33)(H,36,37)/t16-,17+/m0/s1. The van der Waals surface area contributed by atoms with Crippen LogP contribution in [0.3, 0.4) is 0 Å². The summed E-state index contributed by atoms with van der Waals surface area (Å²) < 4.78 is 20.3. The van der Waals surface area contributed by atoms with Crippen molar-refractivity contribution in [3.63, 3.8) is 0 Å². The number of benzene rings is 2. The lowest BCUT2D eigenvalue weighted by atomic mass is 9.98. The highest BCUT2D eigenvalue weighted by Gasteiger charge is 2.19. The number of aliphatic carboxylic acids is 1. The molecule has 3 aromatic rings. The monoisotopic (exact) mass is 546 g/mol. The molecule has 1 heterocycles. The summed E-state index contributed by atoms with van der Waals surface area (Å²) in [5, 5.41) is 22.0. The predicted octanol–water partition coefficient (Wildman–Crippen LogP) is 4.95. The van der Waals surface area contributed by atoms with E-state index in [9.17, 15) is 23.9 Å². The smallest absolute Gasteiger partial charge is 0.306 e. The van der Waals surface area contributed by atoms with Crippen LogP contribution < -0.4 is 10.6 Å². The SMILES string of the molecule is CCC[C@H](CCCOC[C@H](C)NC(=O)Cc1cc(Cl)c(NC(=O)c2n[nH]c3ccccc23)cc1F)C(=O)O. The summed E-state index contributed by atoms with van der Waals surface area (Å²) in [7, 11) is 0. The summed E-state index contributed by atoms with van der Waals surface area (Å²) >= 11 is 6.28. The number of amides is 2. The summed E-state index contributed by atoms with van der Waals surface area (Å²) in [6, 6.07) is 9.17. The Morgan fingerprint density at radius 3 is 2.71 bits per heavy atom. The van der Waals surface area contributed by atoms with Crippen LogP contribution in [-0.4, -0.2) is 52.3 Å². The highest BCUT2D eigenvalue weighted by molar-refractivity contribution is 6.34. The van der Waals surface area contributed by atoms with Crippen LogP contribution in [-0.2, 0) is 20.7 Å². The number of nitrogens with zero attached hydrogens (tertiary/aromatic N) is 1. The molecule has 0 fully saturated rings. The fraction of sp³-hybridized carbons (Fsp3) is 0.407. The van der Waals surface area contributed by atoms with Crippen molar-refractivity contribution in [3.05, 3.63) is 58.5 Å². The predicted molar refractivity (Wildman–Crippen MR) is 143 cm³/mol. The summed E-state index contributed by atoms with van der Waals surface area (Å²) in [6.07, 6.45) is 2.36. The van der Waals surface area contributed by atoms with Crippen LogP contribution in [0.2, 0.25) is 5.02 Å². The van der Waals surface area contributed by atoms with E-state index in [4.69, 9.17) is 16.3 Å². The molecule has 11 heteroatoms. The van der Waals surface area contributed by atoms with Gasteiger partial charge in [-0.1, -0.05) is 43.1 Å². The summed E-state index contributed by atoms with van der Waals surface area (Å²) in [5.41, 5.74) is 0.991. The maximum absolute atomic E-state index is 14.8. The number of ether oxygens (including phenoxy) is 1. The van der Waals surface area contributed by atoms with Gasteiger partial charge in [-0.3, -0.25) is 19.5 Å². The molecule has 2 amide bonds. The Kier molecular flexibility index (Phi) is 10.6. The van der Waals surface area contributed by atoms with Gasteiger partial charge >= 0.3 is 5.97 Å². The molecule has 1 aromatic heterocycles. The first-order valence-corrected chi connectivity index (χ1v) is 12.9. The molecular formula is C27H32ClFN4O5. The second-order valence-electron chi connectivity index (χ2n) is 9.18. The Morgan fingerprint density at radius 1 is 1.21 bits per heavy atom. The lowest BCUT2D eigenvalue weighted by molar-refractivity contribution is -0.142. The molecule has 9 nitrogen and oxygen atoms in total. The molecular weight excluding hydrogens is 515 g/mol. The maximum atomic E-state index is 14.8. The molecule has 0 unspecified atom stereocenters. The van der Waals surface area contributed by atoms with Gasteiger partial charge in [-0.2, -0.15) is 5.10 Å². The van der Waals surface area contributed by atoms with Gasteiger partial charge in [0.15, 0.2) is 5.69 Å². The third kappa shape index (κ3) is 8.00. The average Bonchev–Trinajstić information content (AvgIpc) is 3.30. The van der Waals surface area contributed by atoms with Crippen molar-refractivity contribution in [2.24, 2.45) is 5.92 Å². The number of para-hydroxylation sites is 1. The number of anilines is 1. The van der Waals surface area contributed by atoms with Crippen molar-refractivity contribution in [2.45, 2.75) is 52.0 Å². The Bertz CT molecular complexity index is 1280. The van der Waals surface area contributed by atoms with Crippen molar-refractivity contribution in [1.29, 1.82) is 0 Å². The zero-order valence-corrected chi connectivity index (χ0v) is 22.1. The van der Waals surface area contributed by atoms with E-state index >= 15 is 0 Å². The number of aromatic amines is 1. The zero-order valence-electron chi connectivity index (χ0n) is 21.4. The van der Waals surface area contributed by atoms with Gasteiger partial charge in [-0.25, -0.2) is 4.39 Å². The Hall–Kier alpha value is -3.50. The molecule has 2 atom stereocenters. The average molecular weight is 547 g/mol. The molecule has 3 rings (SSSR count). The minimum Gasteiger partial charge on any atom is -0.481 e. The fourth-order valence-corrected chi connectivity index (χ4v) is 4.34. The Labute approximate surface area is 225 Å². The van der Waals surface area contributed by atoms with Crippen LogP contribution in [0.4, 0.5) is 10.1 Å². The number of carbonyl (C=O) groups excluding carboxylic acids is 2. The number of fused-ring (bicyclic) bond motifs is 1. The van der Waals surface area contributed by atoms with Crippen LogP contribution >= 0.6 is 11.6 Å². The second kappa shape index (κ2) is 13.9. The summed E-state index contributed by atoms with van der Waals surface area (Å²) in [4.78, 5) is 36.3.